The van der Waals surface area contributed by atoms with Crippen LogP contribution in [0, 0.1) is 0 Å². The Labute approximate surface area is 267 Å². The fourth-order valence-electron chi connectivity index (χ4n) is 6.80. The molecule has 3 nitrogen and oxygen atoms in total. The average Bonchev–Trinajstić information content (AvgIpc) is 3.53. The predicted molar refractivity (Wildman–Crippen MR) is 193 cm³/mol. The highest BCUT2D eigenvalue weighted by Crippen LogP contribution is 2.48. The summed E-state index contributed by atoms with van der Waals surface area (Å²) in [7, 11) is 0. The summed E-state index contributed by atoms with van der Waals surface area (Å²) in [5.74, 6) is 0. The van der Waals surface area contributed by atoms with Crippen LogP contribution in [-0.4, -0.2) is 9.61 Å². The maximum Gasteiger partial charge on any atom is 0.117 e. The van der Waals surface area contributed by atoms with E-state index in [1.54, 1.807) is 0 Å². The number of benzene rings is 7. The van der Waals surface area contributed by atoms with Gasteiger partial charge in [-0.15, -0.1) is 0 Å². The smallest absolute Gasteiger partial charge is 0.117 e. The van der Waals surface area contributed by atoms with E-state index in [1.807, 2.05) is 0 Å². The predicted octanol–water partition coefficient (Wildman–Crippen LogP) is 11.6. The maximum atomic E-state index is 5.50. The van der Waals surface area contributed by atoms with Crippen LogP contribution in [0.1, 0.15) is 0 Å². The fourth-order valence-corrected chi connectivity index (χ4v) is 6.80. The first-order valence-corrected chi connectivity index (χ1v) is 15.7. The second-order valence-corrected chi connectivity index (χ2v) is 11.7. The van der Waals surface area contributed by atoms with E-state index in [-0.39, 0.29) is 0 Å². The Hall–Kier alpha value is -6.19. The lowest BCUT2D eigenvalue weighted by molar-refractivity contribution is 0.979. The maximum absolute atomic E-state index is 5.50. The molecule has 0 N–H and O–H groups in total. The third kappa shape index (κ3) is 4.25. The molecule has 3 heteroatoms. The molecule has 9 aromatic rings. The molecule has 0 saturated heterocycles. The molecular weight excluding hydrogens is 558 g/mol. The van der Waals surface area contributed by atoms with Crippen molar-refractivity contribution in [1.29, 1.82) is 0 Å². The van der Waals surface area contributed by atoms with Gasteiger partial charge in [-0.1, -0.05) is 152 Å². The van der Waals surface area contributed by atoms with Gasteiger partial charge in [0.05, 0.1) is 16.9 Å². The van der Waals surface area contributed by atoms with E-state index in [4.69, 9.17) is 5.10 Å². The van der Waals surface area contributed by atoms with Crippen LogP contribution in [0.15, 0.2) is 176 Å². The lowest BCUT2D eigenvalue weighted by atomic mass is 10.0. The van der Waals surface area contributed by atoms with Crippen molar-refractivity contribution in [2.24, 2.45) is 0 Å². The van der Waals surface area contributed by atoms with Gasteiger partial charge in [0.25, 0.3) is 0 Å². The highest BCUT2D eigenvalue weighted by molar-refractivity contribution is 6.12. The Kier molecular flexibility index (Phi) is 6.14. The number of pyridine rings is 1. The second-order valence-electron chi connectivity index (χ2n) is 11.7. The summed E-state index contributed by atoms with van der Waals surface area (Å²) in [5.41, 5.74) is 8.46. The number of anilines is 3. The van der Waals surface area contributed by atoms with Crippen molar-refractivity contribution >= 4 is 54.9 Å². The molecule has 0 aliphatic rings. The van der Waals surface area contributed by atoms with Crippen LogP contribution in [0.2, 0.25) is 0 Å². The Morgan fingerprint density at radius 1 is 0.435 bits per heavy atom. The summed E-state index contributed by atoms with van der Waals surface area (Å²) in [6, 6.07) is 62.7. The minimum Gasteiger partial charge on any atom is -0.306 e. The Morgan fingerprint density at radius 2 is 1.04 bits per heavy atom. The molecule has 0 amide bonds. The monoisotopic (exact) mass is 587 g/mol. The Balaban J connectivity index is 1.48. The van der Waals surface area contributed by atoms with E-state index in [0.29, 0.717) is 0 Å². The van der Waals surface area contributed by atoms with Crippen molar-refractivity contribution in [3.63, 3.8) is 0 Å². The molecule has 0 spiro atoms. The molecule has 0 radical (unpaired) electrons. The van der Waals surface area contributed by atoms with Crippen LogP contribution in [0.4, 0.5) is 17.1 Å². The van der Waals surface area contributed by atoms with E-state index in [2.05, 4.69) is 185 Å². The summed E-state index contributed by atoms with van der Waals surface area (Å²) in [6.07, 6.45) is 0. The lowest BCUT2D eigenvalue weighted by Crippen LogP contribution is -2.11. The molecule has 46 heavy (non-hydrogen) atoms. The van der Waals surface area contributed by atoms with Gasteiger partial charge in [-0.3, -0.25) is 0 Å². The quantitative estimate of drug-likeness (QED) is 0.200. The van der Waals surface area contributed by atoms with Crippen LogP contribution >= 0.6 is 0 Å². The molecule has 0 aliphatic carbocycles. The zero-order valence-corrected chi connectivity index (χ0v) is 25.1. The van der Waals surface area contributed by atoms with Gasteiger partial charge < -0.3 is 4.90 Å². The number of fused-ring (bicyclic) bond motifs is 5. The van der Waals surface area contributed by atoms with Crippen molar-refractivity contribution in [1.82, 2.24) is 9.61 Å². The summed E-state index contributed by atoms with van der Waals surface area (Å²) < 4.78 is 2.16. The molecule has 9 rings (SSSR count). The zero-order chi connectivity index (χ0) is 30.5. The Bertz CT molecular complexity index is 2530. The largest absolute Gasteiger partial charge is 0.306 e. The van der Waals surface area contributed by atoms with Crippen molar-refractivity contribution in [3.8, 4) is 22.5 Å². The molecule has 7 aromatic carbocycles. The topological polar surface area (TPSA) is 20.5 Å². The molecule has 0 bridgehead atoms. The van der Waals surface area contributed by atoms with Crippen molar-refractivity contribution in [2.45, 2.75) is 0 Å². The van der Waals surface area contributed by atoms with Crippen LogP contribution in [0.3, 0.4) is 0 Å². The van der Waals surface area contributed by atoms with Gasteiger partial charge >= 0.3 is 0 Å². The first-order valence-electron chi connectivity index (χ1n) is 15.7. The Morgan fingerprint density at radius 3 is 1.83 bits per heavy atom. The number of rotatable bonds is 5. The van der Waals surface area contributed by atoms with Crippen molar-refractivity contribution < 1.29 is 0 Å². The third-order valence-electron chi connectivity index (χ3n) is 8.94. The van der Waals surface area contributed by atoms with Crippen molar-refractivity contribution in [3.05, 3.63) is 176 Å². The molecule has 0 aliphatic heterocycles. The minimum absolute atomic E-state index is 0.926. The molecular formula is C43H29N3. The summed E-state index contributed by atoms with van der Waals surface area (Å²) >= 11 is 0. The van der Waals surface area contributed by atoms with Gasteiger partial charge in [-0.2, -0.15) is 5.10 Å². The lowest BCUT2D eigenvalue weighted by Gasteiger charge is -2.28. The average molecular weight is 588 g/mol. The number of nitrogens with zero attached hydrogens (tertiary/aromatic N) is 3. The van der Waals surface area contributed by atoms with Crippen LogP contribution < -0.4 is 4.90 Å². The summed E-state index contributed by atoms with van der Waals surface area (Å²) in [5, 5.41) is 12.6. The standard InChI is InChI=1S/C43H29N3/c1-3-16-32(17-4-1)40-29-35-21-10-12-24-38(35)42-43(41(44-46(40)42)33-18-5-2-6-19-33)45(36-27-26-30-14-7-8-20-34(30)28-36)39-25-13-22-31-15-9-11-23-37(31)39/h1-29H. The molecule has 0 fully saturated rings. The first kappa shape index (κ1) is 26.2. The second kappa shape index (κ2) is 10.8. The van der Waals surface area contributed by atoms with Crippen LogP contribution in [0.25, 0.3) is 60.3 Å². The van der Waals surface area contributed by atoms with Crippen LogP contribution in [-0.2, 0) is 0 Å². The minimum atomic E-state index is 0.926. The third-order valence-corrected chi connectivity index (χ3v) is 8.94. The number of hydrogen-bond donors (Lipinski definition) is 0. The molecule has 2 aromatic heterocycles. The molecule has 216 valence electrons. The van der Waals surface area contributed by atoms with Gasteiger partial charge in [0.2, 0.25) is 0 Å². The van der Waals surface area contributed by atoms with E-state index in [0.717, 1.165) is 50.5 Å². The SMILES string of the molecule is c1ccc(-c2nn3c(-c4ccccc4)cc4ccccc4c3c2N(c2ccc3ccccc3c2)c2cccc3ccccc23)cc1. The fraction of sp³-hybridized carbons (Fsp3) is 0. The number of aromatic nitrogens is 2. The van der Waals surface area contributed by atoms with Gasteiger partial charge in [-0.25, -0.2) is 4.52 Å². The highest BCUT2D eigenvalue weighted by Gasteiger charge is 2.27. The van der Waals surface area contributed by atoms with Crippen LogP contribution in [0.5, 0.6) is 0 Å². The van der Waals surface area contributed by atoms with E-state index < -0.39 is 0 Å². The van der Waals surface area contributed by atoms with E-state index >= 15 is 0 Å². The molecule has 2 heterocycles. The van der Waals surface area contributed by atoms with Crippen molar-refractivity contribution in [2.75, 3.05) is 4.90 Å². The van der Waals surface area contributed by atoms with Gasteiger partial charge in [0.1, 0.15) is 11.4 Å². The summed E-state index contributed by atoms with van der Waals surface area (Å²) in [6.45, 7) is 0. The highest BCUT2D eigenvalue weighted by atomic mass is 15.3. The van der Waals surface area contributed by atoms with E-state index in [9.17, 15) is 0 Å². The van der Waals surface area contributed by atoms with Gasteiger partial charge in [0.15, 0.2) is 0 Å². The van der Waals surface area contributed by atoms with Gasteiger partial charge in [0, 0.05) is 27.6 Å². The summed E-state index contributed by atoms with van der Waals surface area (Å²) in [4.78, 5) is 2.43. The normalized spacial score (nSPS) is 11.5. The van der Waals surface area contributed by atoms with E-state index in [1.165, 1.54) is 26.9 Å². The molecule has 0 atom stereocenters. The first-order chi connectivity index (χ1) is 22.8. The van der Waals surface area contributed by atoms with Gasteiger partial charge in [-0.05, 0) is 45.8 Å². The molecule has 0 saturated carbocycles. The molecule has 0 unspecified atom stereocenters. The number of hydrogen-bond acceptors (Lipinski definition) is 2. The zero-order valence-electron chi connectivity index (χ0n) is 25.1.